The highest BCUT2D eigenvalue weighted by molar-refractivity contribution is 5.95. The van der Waals surface area contributed by atoms with E-state index in [4.69, 9.17) is 0 Å². The van der Waals surface area contributed by atoms with Crippen LogP contribution in [0.25, 0.3) is 0 Å². The maximum Gasteiger partial charge on any atom is 0.254 e. The number of likely N-dealkylation sites (tertiary alicyclic amines) is 1. The van der Waals surface area contributed by atoms with Crippen LogP contribution in [-0.4, -0.2) is 28.5 Å². The minimum atomic E-state index is 0.178. The number of nitrogens with zero attached hydrogens (tertiary/aromatic N) is 2. The van der Waals surface area contributed by atoms with Gasteiger partial charge in [0.25, 0.3) is 5.91 Å². The summed E-state index contributed by atoms with van der Waals surface area (Å²) in [5, 5.41) is 0. The van der Waals surface area contributed by atoms with Crippen molar-refractivity contribution in [2.75, 3.05) is 13.1 Å². The zero-order valence-electron chi connectivity index (χ0n) is 13.7. The molecule has 3 nitrogen and oxygen atoms in total. The fourth-order valence-corrected chi connectivity index (χ4v) is 3.57. The third kappa shape index (κ3) is 2.68. The zero-order chi connectivity index (χ0) is 15.7. The highest BCUT2D eigenvalue weighted by Crippen LogP contribution is 2.27. The van der Waals surface area contributed by atoms with Crippen molar-refractivity contribution in [1.29, 1.82) is 0 Å². The molecule has 0 spiro atoms. The number of rotatable bonds is 2. The lowest BCUT2D eigenvalue weighted by atomic mass is 10.0. The lowest BCUT2D eigenvalue weighted by Gasteiger charge is -2.34. The van der Waals surface area contributed by atoms with E-state index in [0.717, 1.165) is 37.1 Å². The molecule has 0 N–H and O–H groups in total. The number of carbonyl (C=O) groups is 1. The lowest BCUT2D eigenvalue weighted by Crippen LogP contribution is -2.39. The molecular formula is C19H24N2O. The van der Waals surface area contributed by atoms with Crippen LogP contribution in [0.1, 0.15) is 46.2 Å². The largest absolute Gasteiger partial charge is 0.346 e. The van der Waals surface area contributed by atoms with Gasteiger partial charge >= 0.3 is 0 Å². The normalized spacial score (nSPS) is 16.0. The molecule has 0 radical (unpaired) electrons. The standard InChI is InChI=1S/C19H24N2O/c1-14-6-4-5-7-18(14)19(22)20-12-10-17(11-13-20)21-15(2)8-9-16(21)3/h4-9,17H,10-13H2,1-3H3. The summed E-state index contributed by atoms with van der Waals surface area (Å²) in [5.74, 6) is 0.178. The third-order valence-electron chi connectivity index (χ3n) is 4.82. The second kappa shape index (κ2) is 5.99. The number of carbonyl (C=O) groups excluding carboxylic acids is 1. The van der Waals surface area contributed by atoms with E-state index in [1.54, 1.807) is 0 Å². The van der Waals surface area contributed by atoms with Crippen LogP contribution in [0, 0.1) is 20.8 Å². The average Bonchev–Trinajstić information content (AvgIpc) is 2.86. The van der Waals surface area contributed by atoms with Gasteiger partial charge in [-0.1, -0.05) is 18.2 Å². The Bertz CT molecular complexity index is 659. The van der Waals surface area contributed by atoms with Crippen molar-refractivity contribution in [1.82, 2.24) is 9.47 Å². The summed E-state index contributed by atoms with van der Waals surface area (Å²) in [5.41, 5.74) is 4.54. The molecule has 1 saturated heterocycles. The first-order chi connectivity index (χ1) is 10.6. The zero-order valence-corrected chi connectivity index (χ0v) is 13.7. The third-order valence-corrected chi connectivity index (χ3v) is 4.82. The molecule has 0 bridgehead atoms. The Kier molecular flexibility index (Phi) is 4.06. The van der Waals surface area contributed by atoms with Gasteiger partial charge in [0.05, 0.1) is 0 Å². The Morgan fingerprint density at radius 1 is 0.955 bits per heavy atom. The maximum atomic E-state index is 12.7. The van der Waals surface area contributed by atoms with E-state index in [1.807, 2.05) is 36.1 Å². The van der Waals surface area contributed by atoms with Crippen LogP contribution in [0.2, 0.25) is 0 Å². The topological polar surface area (TPSA) is 25.2 Å². The first-order valence-electron chi connectivity index (χ1n) is 8.07. The van der Waals surface area contributed by atoms with E-state index in [0.29, 0.717) is 6.04 Å². The van der Waals surface area contributed by atoms with Gasteiger partial charge in [-0.2, -0.15) is 0 Å². The Balaban J connectivity index is 1.70. The highest BCUT2D eigenvalue weighted by Gasteiger charge is 2.26. The Labute approximate surface area is 132 Å². The molecule has 1 aliphatic rings. The molecule has 0 aliphatic carbocycles. The number of benzene rings is 1. The van der Waals surface area contributed by atoms with Crippen molar-refractivity contribution in [3.8, 4) is 0 Å². The van der Waals surface area contributed by atoms with Crippen LogP contribution in [0.15, 0.2) is 36.4 Å². The van der Waals surface area contributed by atoms with E-state index in [2.05, 4.69) is 30.5 Å². The summed E-state index contributed by atoms with van der Waals surface area (Å²) in [4.78, 5) is 14.7. The van der Waals surface area contributed by atoms with E-state index in [-0.39, 0.29) is 5.91 Å². The predicted molar refractivity (Wildman–Crippen MR) is 89.3 cm³/mol. The predicted octanol–water partition coefficient (Wildman–Crippen LogP) is 3.89. The van der Waals surface area contributed by atoms with Crippen molar-refractivity contribution in [3.63, 3.8) is 0 Å². The molecule has 1 aliphatic heterocycles. The van der Waals surface area contributed by atoms with Gasteiger partial charge < -0.3 is 9.47 Å². The van der Waals surface area contributed by atoms with E-state index in [9.17, 15) is 4.79 Å². The van der Waals surface area contributed by atoms with Crippen molar-refractivity contribution < 1.29 is 4.79 Å². The van der Waals surface area contributed by atoms with E-state index >= 15 is 0 Å². The van der Waals surface area contributed by atoms with Crippen LogP contribution < -0.4 is 0 Å². The van der Waals surface area contributed by atoms with E-state index < -0.39 is 0 Å². The molecule has 3 heteroatoms. The summed E-state index contributed by atoms with van der Waals surface area (Å²) in [6.07, 6.45) is 2.07. The molecule has 3 rings (SSSR count). The monoisotopic (exact) mass is 296 g/mol. The Hall–Kier alpha value is -2.03. The van der Waals surface area contributed by atoms with Gasteiger partial charge in [-0.3, -0.25) is 4.79 Å². The molecule has 2 heterocycles. The fourth-order valence-electron chi connectivity index (χ4n) is 3.57. The number of amides is 1. The van der Waals surface area contributed by atoms with Crippen LogP contribution >= 0.6 is 0 Å². The molecule has 22 heavy (non-hydrogen) atoms. The number of aromatic nitrogens is 1. The first kappa shape index (κ1) is 14.9. The molecule has 0 unspecified atom stereocenters. The molecule has 116 valence electrons. The van der Waals surface area contributed by atoms with Crippen LogP contribution in [-0.2, 0) is 0 Å². The minimum Gasteiger partial charge on any atom is -0.346 e. The molecule has 2 aromatic rings. The summed E-state index contributed by atoms with van der Waals surface area (Å²) >= 11 is 0. The van der Waals surface area contributed by atoms with Gasteiger partial charge in [-0.15, -0.1) is 0 Å². The van der Waals surface area contributed by atoms with Crippen molar-refractivity contribution >= 4 is 5.91 Å². The Morgan fingerprint density at radius 2 is 1.55 bits per heavy atom. The number of hydrogen-bond acceptors (Lipinski definition) is 1. The summed E-state index contributed by atoms with van der Waals surface area (Å²) in [6.45, 7) is 8.02. The molecule has 0 saturated carbocycles. The Morgan fingerprint density at radius 3 is 2.14 bits per heavy atom. The van der Waals surface area contributed by atoms with E-state index in [1.165, 1.54) is 11.4 Å². The van der Waals surface area contributed by atoms with Gasteiger partial charge in [0.15, 0.2) is 0 Å². The van der Waals surface area contributed by atoms with Gasteiger partial charge in [-0.05, 0) is 57.4 Å². The van der Waals surface area contributed by atoms with Crippen molar-refractivity contribution in [3.05, 3.63) is 58.9 Å². The summed E-state index contributed by atoms with van der Waals surface area (Å²) < 4.78 is 2.43. The molecule has 0 atom stereocenters. The van der Waals surface area contributed by atoms with Crippen LogP contribution in [0.5, 0.6) is 0 Å². The molecule has 1 fully saturated rings. The van der Waals surface area contributed by atoms with Crippen LogP contribution in [0.3, 0.4) is 0 Å². The summed E-state index contributed by atoms with van der Waals surface area (Å²) in [7, 11) is 0. The van der Waals surface area contributed by atoms with Crippen LogP contribution in [0.4, 0.5) is 0 Å². The molecule has 1 amide bonds. The number of piperidine rings is 1. The molecule has 1 aromatic carbocycles. The lowest BCUT2D eigenvalue weighted by molar-refractivity contribution is 0.0693. The second-order valence-corrected chi connectivity index (χ2v) is 6.32. The fraction of sp³-hybridized carbons (Fsp3) is 0.421. The molecule has 1 aromatic heterocycles. The van der Waals surface area contributed by atoms with Crippen molar-refractivity contribution in [2.24, 2.45) is 0 Å². The minimum absolute atomic E-state index is 0.178. The quantitative estimate of drug-likeness (QED) is 0.825. The SMILES string of the molecule is Cc1ccccc1C(=O)N1CCC(n2c(C)ccc2C)CC1. The van der Waals surface area contributed by atoms with Gasteiger partial charge in [0, 0.05) is 36.1 Å². The smallest absolute Gasteiger partial charge is 0.254 e. The molecular weight excluding hydrogens is 272 g/mol. The van der Waals surface area contributed by atoms with Gasteiger partial charge in [0.2, 0.25) is 0 Å². The van der Waals surface area contributed by atoms with Gasteiger partial charge in [0.1, 0.15) is 0 Å². The highest BCUT2D eigenvalue weighted by atomic mass is 16.2. The average molecular weight is 296 g/mol. The number of aryl methyl sites for hydroxylation is 3. The number of hydrogen-bond donors (Lipinski definition) is 0. The van der Waals surface area contributed by atoms with Gasteiger partial charge in [-0.25, -0.2) is 0 Å². The summed E-state index contributed by atoms with van der Waals surface area (Å²) in [6, 6.07) is 12.8. The van der Waals surface area contributed by atoms with Crippen molar-refractivity contribution in [2.45, 2.75) is 39.7 Å². The first-order valence-corrected chi connectivity index (χ1v) is 8.07. The maximum absolute atomic E-state index is 12.7. The second-order valence-electron chi connectivity index (χ2n) is 6.32.